The number of carbonyl (C=O) groups is 2. The average Bonchev–Trinajstić information content (AvgIpc) is 3.11. The predicted molar refractivity (Wildman–Crippen MR) is 118 cm³/mol. The first-order chi connectivity index (χ1) is 14.5. The van der Waals surface area contributed by atoms with Gasteiger partial charge in [-0.2, -0.15) is 0 Å². The molecule has 5 heteroatoms. The van der Waals surface area contributed by atoms with Gasteiger partial charge in [-0.05, 0) is 73.5 Å². The molecule has 4 rings (SSSR count). The number of anilines is 2. The van der Waals surface area contributed by atoms with E-state index in [2.05, 4.69) is 5.32 Å². The van der Waals surface area contributed by atoms with Gasteiger partial charge >= 0.3 is 0 Å². The summed E-state index contributed by atoms with van der Waals surface area (Å²) >= 11 is 0. The summed E-state index contributed by atoms with van der Waals surface area (Å²) in [5.41, 5.74) is 3.73. The van der Waals surface area contributed by atoms with Crippen LogP contribution >= 0.6 is 0 Å². The molecule has 0 radical (unpaired) electrons. The van der Waals surface area contributed by atoms with Crippen LogP contribution in [0.4, 0.5) is 11.4 Å². The summed E-state index contributed by atoms with van der Waals surface area (Å²) in [5, 5.41) is 2.91. The summed E-state index contributed by atoms with van der Waals surface area (Å²) in [4.78, 5) is 26.8. The van der Waals surface area contributed by atoms with Gasteiger partial charge in [-0.1, -0.05) is 24.3 Å². The molecule has 1 saturated heterocycles. The van der Waals surface area contributed by atoms with E-state index in [0.29, 0.717) is 18.0 Å². The van der Waals surface area contributed by atoms with Crippen molar-refractivity contribution >= 4 is 23.2 Å². The Balaban J connectivity index is 1.37. The molecule has 0 saturated carbocycles. The fourth-order valence-electron chi connectivity index (χ4n) is 3.59. The predicted octanol–water partition coefficient (Wildman–Crippen LogP) is 5.09. The minimum atomic E-state index is -0.374. The molecule has 1 heterocycles. The minimum Gasteiger partial charge on any atom is -0.457 e. The second-order valence-corrected chi connectivity index (χ2v) is 7.68. The highest BCUT2D eigenvalue weighted by molar-refractivity contribution is 6.03. The molecule has 1 fully saturated rings. The third-order valence-electron chi connectivity index (χ3n) is 5.16. The molecule has 1 aliphatic rings. The van der Waals surface area contributed by atoms with Gasteiger partial charge in [-0.25, -0.2) is 0 Å². The number of aryl methyl sites for hydroxylation is 2. The van der Waals surface area contributed by atoms with Gasteiger partial charge in [0, 0.05) is 24.3 Å². The number of hydrogen-bond acceptors (Lipinski definition) is 3. The van der Waals surface area contributed by atoms with Crippen molar-refractivity contribution in [3.63, 3.8) is 0 Å². The third kappa shape index (κ3) is 4.51. The van der Waals surface area contributed by atoms with Crippen LogP contribution in [0.3, 0.4) is 0 Å². The standard InChI is InChI=1S/C25H24N2O3/c1-17-5-3-7-21(13-17)27-16-19(15-24(27)28)25(29)26-20-9-11-22(12-10-20)30-23-8-4-6-18(2)14-23/h3-14,19H,15-16H2,1-2H3,(H,26,29)/t19-/m0/s1. The molecule has 152 valence electrons. The van der Waals surface area contributed by atoms with E-state index in [0.717, 1.165) is 22.6 Å². The van der Waals surface area contributed by atoms with Crippen molar-refractivity contribution in [3.8, 4) is 11.5 Å². The molecule has 1 atom stereocenters. The Kier molecular flexibility index (Phi) is 5.53. The smallest absolute Gasteiger partial charge is 0.229 e. The van der Waals surface area contributed by atoms with Crippen molar-refractivity contribution in [3.05, 3.63) is 83.9 Å². The lowest BCUT2D eigenvalue weighted by Gasteiger charge is -2.17. The van der Waals surface area contributed by atoms with Crippen LogP contribution in [0.1, 0.15) is 17.5 Å². The van der Waals surface area contributed by atoms with E-state index < -0.39 is 0 Å². The lowest BCUT2D eigenvalue weighted by atomic mass is 10.1. The Morgan fingerprint density at radius 1 is 0.933 bits per heavy atom. The summed E-state index contributed by atoms with van der Waals surface area (Å²) in [5.74, 6) is 0.919. The van der Waals surface area contributed by atoms with Gasteiger partial charge in [-0.15, -0.1) is 0 Å². The maximum absolute atomic E-state index is 12.7. The maximum atomic E-state index is 12.7. The van der Waals surface area contributed by atoms with Crippen LogP contribution in [0.5, 0.6) is 11.5 Å². The van der Waals surface area contributed by atoms with Crippen LogP contribution in [0, 0.1) is 19.8 Å². The van der Waals surface area contributed by atoms with Gasteiger partial charge in [0.1, 0.15) is 11.5 Å². The van der Waals surface area contributed by atoms with Gasteiger partial charge in [0.05, 0.1) is 5.92 Å². The molecule has 0 unspecified atom stereocenters. The Bertz CT molecular complexity index is 1080. The number of carbonyl (C=O) groups excluding carboxylic acids is 2. The molecular formula is C25H24N2O3. The Labute approximate surface area is 176 Å². The van der Waals surface area contributed by atoms with Crippen molar-refractivity contribution in [2.45, 2.75) is 20.3 Å². The molecule has 3 aromatic rings. The number of benzene rings is 3. The molecule has 0 aliphatic carbocycles. The molecule has 0 aromatic heterocycles. The average molecular weight is 400 g/mol. The zero-order valence-electron chi connectivity index (χ0n) is 17.1. The van der Waals surface area contributed by atoms with E-state index in [4.69, 9.17) is 4.74 Å². The van der Waals surface area contributed by atoms with Crippen LogP contribution in [-0.4, -0.2) is 18.4 Å². The number of amides is 2. The molecule has 3 aromatic carbocycles. The highest BCUT2D eigenvalue weighted by Gasteiger charge is 2.35. The van der Waals surface area contributed by atoms with E-state index in [1.54, 1.807) is 17.0 Å². The van der Waals surface area contributed by atoms with Crippen molar-refractivity contribution in [2.75, 3.05) is 16.8 Å². The molecule has 1 aliphatic heterocycles. The second kappa shape index (κ2) is 8.41. The molecule has 0 spiro atoms. The van der Waals surface area contributed by atoms with Crippen molar-refractivity contribution in [1.82, 2.24) is 0 Å². The van der Waals surface area contributed by atoms with Crippen molar-refractivity contribution in [1.29, 1.82) is 0 Å². The topological polar surface area (TPSA) is 58.6 Å². The van der Waals surface area contributed by atoms with E-state index in [1.165, 1.54) is 0 Å². The highest BCUT2D eigenvalue weighted by atomic mass is 16.5. The summed E-state index contributed by atoms with van der Waals surface area (Å²) in [7, 11) is 0. The zero-order valence-corrected chi connectivity index (χ0v) is 17.1. The number of nitrogens with one attached hydrogen (secondary N) is 1. The van der Waals surface area contributed by atoms with Gasteiger partial charge in [-0.3, -0.25) is 9.59 Å². The van der Waals surface area contributed by atoms with Gasteiger partial charge in [0.15, 0.2) is 0 Å². The van der Waals surface area contributed by atoms with E-state index in [9.17, 15) is 9.59 Å². The summed E-state index contributed by atoms with van der Waals surface area (Å²) in [6.45, 7) is 4.39. The first-order valence-electron chi connectivity index (χ1n) is 10.0. The second-order valence-electron chi connectivity index (χ2n) is 7.68. The lowest BCUT2D eigenvalue weighted by molar-refractivity contribution is -0.122. The minimum absolute atomic E-state index is 0.0253. The van der Waals surface area contributed by atoms with Crippen LogP contribution in [0.2, 0.25) is 0 Å². The normalized spacial score (nSPS) is 15.9. The van der Waals surface area contributed by atoms with Crippen LogP contribution in [-0.2, 0) is 9.59 Å². The molecular weight excluding hydrogens is 376 g/mol. The van der Waals surface area contributed by atoms with Crippen molar-refractivity contribution < 1.29 is 14.3 Å². The summed E-state index contributed by atoms with van der Waals surface area (Å²) in [6, 6.07) is 22.8. The number of rotatable bonds is 5. The Morgan fingerprint density at radius 2 is 1.63 bits per heavy atom. The first-order valence-corrected chi connectivity index (χ1v) is 10.0. The SMILES string of the molecule is Cc1cccc(Oc2ccc(NC(=O)[C@H]3CC(=O)N(c4cccc(C)c4)C3)cc2)c1. The van der Waals surface area contributed by atoms with Gasteiger partial charge in [0.25, 0.3) is 0 Å². The summed E-state index contributed by atoms with van der Waals surface area (Å²) < 4.78 is 5.84. The van der Waals surface area contributed by atoms with E-state index in [-0.39, 0.29) is 24.2 Å². The monoisotopic (exact) mass is 400 g/mol. The Morgan fingerprint density at radius 3 is 2.33 bits per heavy atom. The lowest BCUT2D eigenvalue weighted by Crippen LogP contribution is -2.28. The fourth-order valence-corrected chi connectivity index (χ4v) is 3.59. The molecule has 5 nitrogen and oxygen atoms in total. The largest absolute Gasteiger partial charge is 0.457 e. The van der Waals surface area contributed by atoms with Crippen molar-refractivity contribution in [2.24, 2.45) is 5.92 Å². The van der Waals surface area contributed by atoms with Crippen LogP contribution in [0.15, 0.2) is 72.8 Å². The van der Waals surface area contributed by atoms with E-state index >= 15 is 0 Å². The van der Waals surface area contributed by atoms with Gasteiger partial charge < -0.3 is 15.0 Å². The highest BCUT2D eigenvalue weighted by Crippen LogP contribution is 2.28. The maximum Gasteiger partial charge on any atom is 0.229 e. The molecule has 1 N–H and O–H groups in total. The van der Waals surface area contributed by atoms with Crippen LogP contribution in [0.25, 0.3) is 0 Å². The first kappa shape index (κ1) is 19.7. The van der Waals surface area contributed by atoms with Gasteiger partial charge in [0.2, 0.25) is 11.8 Å². The summed E-state index contributed by atoms with van der Waals surface area (Å²) in [6.07, 6.45) is 0.217. The number of ether oxygens (including phenoxy) is 1. The third-order valence-corrected chi connectivity index (χ3v) is 5.16. The number of hydrogen-bond donors (Lipinski definition) is 1. The molecule has 2 amide bonds. The fraction of sp³-hybridized carbons (Fsp3) is 0.200. The molecule has 0 bridgehead atoms. The number of nitrogens with zero attached hydrogens (tertiary/aromatic N) is 1. The van der Waals surface area contributed by atoms with Crippen LogP contribution < -0.4 is 15.0 Å². The zero-order chi connectivity index (χ0) is 21.1. The molecule has 30 heavy (non-hydrogen) atoms. The Hall–Kier alpha value is -3.60. The quantitative estimate of drug-likeness (QED) is 0.649. The van der Waals surface area contributed by atoms with E-state index in [1.807, 2.05) is 74.5 Å².